The van der Waals surface area contributed by atoms with E-state index in [1.54, 1.807) is 36.7 Å². The monoisotopic (exact) mass is 590 g/mol. The average Bonchev–Trinajstić information content (AvgIpc) is 3.79. The third-order valence-corrected chi connectivity index (χ3v) is 8.15. The van der Waals surface area contributed by atoms with Gasteiger partial charge >= 0.3 is 0 Å². The van der Waals surface area contributed by atoms with E-state index in [4.69, 9.17) is 0 Å². The molecule has 0 saturated heterocycles. The summed E-state index contributed by atoms with van der Waals surface area (Å²) in [4.78, 5) is 12.3. The van der Waals surface area contributed by atoms with E-state index in [2.05, 4.69) is 19.9 Å². The van der Waals surface area contributed by atoms with Gasteiger partial charge in [-0.05, 0) is 36.4 Å². The van der Waals surface area contributed by atoms with E-state index >= 15 is 0 Å². The molecule has 44 heavy (non-hydrogen) atoms. The van der Waals surface area contributed by atoms with Gasteiger partial charge in [0.05, 0.1) is 33.5 Å². The summed E-state index contributed by atoms with van der Waals surface area (Å²) in [6.45, 7) is 0. The minimum Gasteiger partial charge on any atom is -0.504 e. The molecule has 4 aromatic heterocycles. The molecule has 0 aliphatic rings. The van der Waals surface area contributed by atoms with Crippen LogP contribution in [0.1, 0.15) is 0 Å². The number of nitrogens with one attached hydrogen (secondary N) is 4. The zero-order valence-corrected chi connectivity index (χ0v) is 22.4. The van der Waals surface area contributed by atoms with Crippen LogP contribution in [0.5, 0.6) is 46.0 Å². The van der Waals surface area contributed by atoms with E-state index in [0.717, 1.165) is 0 Å². The third kappa shape index (κ3) is 3.27. The largest absolute Gasteiger partial charge is 0.504 e. The summed E-state index contributed by atoms with van der Waals surface area (Å²) in [6, 6.07) is 12.0. The first-order valence-corrected chi connectivity index (χ1v) is 13.3. The Hall–Kier alpha value is -6.56. The molecule has 4 aromatic carbocycles. The Bertz CT molecular complexity index is 2250. The fourth-order valence-corrected chi connectivity index (χ4v) is 6.15. The highest BCUT2D eigenvalue weighted by Gasteiger charge is 2.29. The number of aromatic hydroxyl groups is 8. The van der Waals surface area contributed by atoms with E-state index in [1.165, 1.54) is 24.3 Å². The molecule has 8 aromatic rings. The molecule has 12 N–H and O–H groups in total. The second-order valence-electron chi connectivity index (χ2n) is 10.6. The maximum atomic E-state index is 11.5. The number of phenolic OH excluding ortho intramolecular Hbond substituents is 8. The van der Waals surface area contributed by atoms with Crippen molar-refractivity contribution in [2.75, 3.05) is 0 Å². The van der Waals surface area contributed by atoms with Gasteiger partial charge in [-0.25, -0.2) is 0 Å². The van der Waals surface area contributed by atoms with Crippen LogP contribution in [0.15, 0.2) is 60.9 Å². The maximum Gasteiger partial charge on any atom is 0.169 e. The molecule has 4 heterocycles. The summed E-state index contributed by atoms with van der Waals surface area (Å²) in [7, 11) is 0. The van der Waals surface area contributed by atoms with Crippen LogP contribution in [-0.2, 0) is 0 Å². The Balaban J connectivity index is 1.38. The van der Waals surface area contributed by atoms with E-state index in [0.29, 0.717) is 55.0 Å². The standard InChI is InChI=1S/C32H22N4O8/c37-19-7-11-5-17(35-15(11)9-21(19)39)25-27-13(1-3-33-27)23(29(41)31(25)43)24-14-2-4-34-28(14)26(32(44)30(24)42)18-6-12-8-20(38)22(40)10-16(12)36-18/h1-10,33-44H. The Morgan fingerprint density at radius 1 is 0.409 bits per heavy atom. The molecule has 0 amide bonds. The lowest BCUT2D eigenvalue weighted by Crippen LogP contribution is -1.92. The highest BCUT2D eigenvalue weighted by atomic mass is 16.3. The molecular weight excluding hydrogens is 568 g/mol. The van der Waals surface area contributed by atoms with Crippen molar-refractivity contribution < 1.29 is 40.9 Å². The first-order valence-electron chi connectivity index (χ1n) is 13.3. The molecule has 0 atom stereocenters. The number of hydrogen-bond donors (Lipinski definition) is 12. The topological polar surface area (TPSA) is 225 Å². The van der Waals surface area contributed by atoms with Crippen LogP contribution in [0.4, 0.5) is 0 Å². The molecule has 0 aliphatic heterocycles. The Kier molecular flexibility index (Phi) is 4.86. The number of fused-ring (bicyclic) bond motifs is 4. The smallest absolute Gasteiger partial charge is 0.169 e. The van der Waals surface area contributed by atoms with Crippen molar-refractivity contribution in [1.29, 1.82) is 0 Å². The summed E-state index contributed by atoms with van der Waals surface area (Å²) in [5, 5.41) is 87.5. The predicted molar refractivity (Wildman–Crippen MR) is 163 cm³/mol. The second-order valence-corrected chi connectivity index (χ2v) is 10.6. The number of rotatable bonds is 3. The summed E-state index contributed by atoms with van der Waals surface area (Å²) in [6.07, 6.45) is 3.21. The van der Waals surface area contributed by atoms with Gasteiger partial charge in [0, 0.05) is 68.2 Å². The van der Waals surface area contributed by atoms with Crippen LogP contribution in [0, 0.1) is 0 Å². The van der Waals surface area contributed by atoms with Gasteiger partial charge in [0.25, 0.3) is 0 Å². The summed E-state index contributed by atoms with van der Waals surface area (Å²) in [5.41, 5.74) is 3.04. The minimum absolute atomic E-state index is 0.0596. The van der Waals surface area contributed by atoms with Gasteiger partial charge in [-0.2, -0.15) is 0 Å². The van der Waals surface area contributed by atoms with Crippen molar-refractivity contribution in [3.63, 3.8) is 0 Å². The summed E-state index contributed by atoms with van der Waals surface area (Å²) >= 11 is 0. The fraction of sp³-hybridized carbons (Fsp3) is 0. The lowest BCUT2D eigenvalue weighted by molar-refractivity contribution is 0.402. The predicted octanol–water partition coefficient (Wildman–Crippen LogP) is 6.26. The van der Waals surface area contributed by atoms with Crippen LogP contribution in [-0.4, -0.2) is 60.8 Å². The number of hydrogen-bond acceptors (Lipinski definition) is 8. The SMILES string of the molecule is Oc1cc2cc(-c3c(O)c(O)c(-c4c(O)c(O)c(-c5cc6cc(O)c(O)cc6[nH]5)c5[nH]ccc45)c4cc[nH]c34)[nH]c2cc1O. The average molecular weight is 591 g/mol. The minimum atomic E-state index is -0.557. The summed E-state index contributed by atoms with van der Waals surface area (Å²) < 4.78 is 0. The number of aromatic nitrogens is 4. The van der Waals surface area contributed by atoms with Gasteiger partial charge in [0.15, 0.2) is 46.0 Å². The molecule has 0 spiro atoms. The lowest BCUT2D eigenvalue weighted by Gasteiger charge is -2.17. The van der Waals surface area contributed by atoms with E-state index in [1.807, 2.05) is 0 Å². The van der Waals surface area contributed by atoms with Crippen molar-refractivity contribution in [1.82, 2.24) is 19.9 Å². The molecule has 12 nitrogen and oxygen atoms in total. The quantitative estimate of drug-likeness (QED) is 0.105. The Morgan fingerprint density at radius 3 is 1.18 bits per heavy atom. The molecular formula is C32H22N4O8. The van der Waals surface area contributed by atoms with Crippen LogP contribution >= 0.6 is 0 Å². The van der Waals surface area contributed by atoms with Gasteiger partial charge in [-0.15, -0.1) is 0 Å². The lowest BCUT2D eigenvalue weighted by atomic mass is 9.91. The molecule has 0 fully saturated rings. The van der Waals surface area contributed by atoms with Crippen LogP contribution < -0.4 is 0 Å². The van der Waals surface area contributed by atoms with Gasteiger partial charge in [0.1, 0.15) is 0 Å². The number of phenols is 8. The van der Waals surface area contributed by atoms with Crippen LogP contribution in [0.25, 0.3) is 77.3 Å². The van der Waals surface area contributed by atoms with Gasteiger partial charge in [-0.1, -0.05) is 0 Å². The zero-order chi connectivity index (χ0) is 30.6. The van der Waals surface area contributed by atoms with Crippen molar-refractivity contribution in [2.24, 2.45) is 0 Å². The number of benzene rings is 4. The molecule has 0 radical (unpaired) electrons. The molecule has 12 heteroatoms. The van der Waals surface area contributed by atoms with Crippen molar-refractivity contribution >= 4 is 43.6 Å². The molecule has 0 unspecified atom stereocenters. The van der Waals surface area contributed by atoms with Gasteiger partial charge in [-0.3, -0.25) is 0 Å². The number of H-pyrrole nitrogens is 4. The van der Waals surface area contributed by atoms with Crippen molar-refractivity contribution in [3.05, 3.63) is 60.9 Å². The molecule has 218 valence electrons. The molecule has 0 aliphatic carbocycles. The van der Waals surface area contributed by atoms with E-state index in [-0.39, 0.29) is 45.3 Å². The Labute approximate surface area is 245 Å². The maximum absolute atomic E-state index is 11.5. The fourth-order valence-electron chi connectivity index (χ4n) is 6.15. The van der Waals surface area contributed by atoms with Crippen LogP contribution in [0.3, 0.4) is 0 Å². The first-order chi connectivity index (χ1) is 21.1. The highest BCUT2D eigenvalue weighted by molar-refractivity contribution is 6.17. The second kappa shape index (κ2) is 8.49. The van der Waals surface area contributed by atoms with Crippen molar-refractivity contribution in [3.8, 4) is 79.6 Å². The molecule has 0 bridgehead atoms. The van der Waals surface area contributed by atoms with E-state index in [9.17, 15) is 40.9 Å². The van der Waals surface area contributed by atoms with Gasteiger partial charge in [0.2, 0.25) is 0 Å². The van der Waals surface area contributed by atoms with Crippen molar-refractivity contribution in [2.45, 2.75) is 0 Å². The molecule has 0 saturated carbocycles. The first kappa shape index (κ1) is 25.2. The number of aromatic amines is 4. The van der Waals surface area contributed by atoms with Crippen LogP contribution in [0.2, 0.25) is 0 Å². The Morgan fingerprint density at radius 2 is 0.773 bits per heavy atom. The summed E-state index contributed by atoms with van der Waals surface area (Å²) in [5.74, 6) is -3.42. The normalized spacial score (nSPS) is 11.9. The van der Waals surface area contributed by atoms with Gasteiger partial charge < -0.3 is 60.8 Å². The van der Waals surface area contributed by atoms with E-state index < -0.39 is 23.0 Å². The molecule has 8 rings (SSSR count). The highest BCUT2D eigenvalue weighted by Crippen LogP contribution is 2.56. The third-order valence-electron chi connectivity index (χ3n) is 8.15. The zero-order valence-electron chi connectivity index (χ0n) is 22.4.